The molecule has 0 bridgehead atoms. The van der Waals surface area contributed by atoms with Crippen molar-refractivity contribution in [3.05, 3.63) is 35.4 Å². The summed E-state index contributed by atoms with van der Waals surface area (Å²) in [5.41, 5.74) is 2.57. The zero-order chi connectivity index (χ0) is 12.0. The SMILES string of the molecule is CCNC(=NCc1ccccc1C)N(C)C.I. The largest absolute Gasteiger partial charge is 0.357 e. The van der Waals surface area contributed by atoms with Crippen molar-refractivity contribution in [3.63, 3.8) is 0 Å². The summed E-state index contributed by atoms with van der Waals surface area (Å²) in [7, 11) is 4.00. The van der Waals surface area contributed by atoms with E-state index in [0.29, 0.717) is 0 Å². The van der Waals surface area contributed by atoms with Crippen molar-refractivity contribution >= 4 is 29.9 Å². The predicted molar refractivity (Wildman–Crippen MR) is 85.1 cm³/mol. The second kappa shape index (κ2) is 8.33. The third-order valence-electron chi connectivity index (χ3n) is 2.42. The molecule has 0 aliphatic heterocycles. The molecule has 0 spiro atoms. The Morgan fingerprint density at radius 1 is 1.29 bits per heavy atom. The summed E-state index contributed by atoms with van der Waals surface area (Å²) in [5, 5.41) is 3.25. The molecule has 0 amide bonds. The first-order chi connectivity index (χ1) is 7.65. The van der Waals surface area contributed by atoms with E-state index in [1.807, 2.05) is 19.0 Å². The van der Waals surface area contributed by atoms with Gasteiger partial charge >= 0.3 is 0 Å². The number of nitrogens with zero attached hydrogens (tertiary/aromatic N) is 2. The lowest BCUT2D eigenvalue weighted by Gasteiger charge is -2.16. The molecule has 0 aliphatic rings. The molecule has 0 saturated carbocycles. The van der Waals surface area contributed by atoms with Gasteiger partial charge in [0, 0.05) is 20.6 Å². The topological polar surface area (TPSA) is 27.6 Å². The van der Waals surface area contributed by atoms with Crippen LogP contribution < -0.4 is 5.32 Å². The molecule has 0 atom stereocenters. The van der Waals surface area contributed by atoms with Gasteiger partial charge < -0.3 is 10.2 Å². The standard InChI is InChI=1S/C13H21N3.HI/c1-5-14-13(16(3)4)15-10-12-9-7-6-8-11(12)2;/h6-9H,5,10H2,1-4H3,(H,14,15);1H. The molecule has 0 aromatic heterocycles. The van der Waals surface area contributed by atoms with Crippen LogP contribution in [0.5, 0.6) is 0 Å². The van der Waals surface area contributed by atoms with E-state index in [1.54, 1.807) is 0 Å². The van der Waals surface area contributed by atoms with E-state index >= 15 is 0 Å². The highest BCUT2D eigenvalue weighted by Crippen LogP contribution is 2.08. The van der Waals surface area contributed by atoms with Crippen molar-refractivity contribution in [1.29, 1.82) is 0 Å². The van der Waals surface area contributed by atoms with E-state index in [2.05, 4.69) is 48.4 Å². The van der Waals surface area contributed by atoms with Gasteiger partial charge in [0.1, 0.15) is 0 Å². The Labute approximate surface area is 121 Å². The van der Waals surface area contributed by atoms with E-state index in [0.717, 1.165) is 19.0 Å². The van der Waals surface area contributed by atoms with E-state index in [4.69, 9.17) is 0 Å². The Bertz CT molecular complexity index is 361. The van der Waals surface area contributed by atoms with Gasteiger partial charge in [0.15, 0.2) is 5.96 Å². The number of guanidine groups is 1. The maximum absolute atomic E-state index is 4.58. The number of benzene rings is 1. The fourth-order valence-electron chi connectivity index (χ4n) is 1.46. The first kappa shape index (κ1) is 16.2. The van der Waals surface area contributed by atoms with Gasteiger partial charge in [-0.25, -0.2) is 4.99 Å². The van der Waals surface area contributed by atoms with Crippen LogP contribution in [0.3, 0.4) is 0 Å². The lowest BCUT2D eigenvalue weighted by atomic mass is 10.1. The highest BCUT2D eigenvalue weighted by atomic mass is 127. The molecule has 0 aliphatic carbocycles. The molecular weight excluding hydrogens is 325 g/mol. The molecule has 96 valence electrons. The van der Waals surface area contributed by atoms with Crippen LogP contribution in [-0.4, -0.2) is 31.5 Å². The van der Waals surface area contributed by atoms with E-state index < -0.39 is 0 Å². The van der Waals surface area contributed by atoms with Crippen molar-refractivity contribution < 1.29 is 0 Å². The zero-order valence-electron chi connectivity index (χ0n) is 11.0. The summed E-state index contributed by atoms with van der Waals surface area (Å²) < 4.78 is 0. The van der Waals surface area contributed by atoms with Crippen LogP contribution in [0.1, 0.15) is 18.1 Å². The highest BCUT2D eigenvalue weighted by Gasteiger charge is 2.00. The van der Waals surface area contributed by atoms with Gasteiger partial charge in [-0.3, -0.25) is 0 Å². The van der Waals surface area contributed by atoms with Crippen LogP contribution >= 0.6 is 24.0 Å². The lowest BCUT2D eigenvalue weighted by Crippen LogP contribution is -2.36. The van der Waals surface area contributed by atoms with Crippen LogP contribution in [-0.2, 0) is 6.54 Å². The highest BCUT2D eigenvalue weighted by molar-refractivity contribution is 14.0. The third-order valence-corrected chi connectivity index (χ3v) is 2.42. The zero-order valence-corrected chi connectivity index (χ0v) is 13.4. The summed E-state index contributed by atoms with van der Waals surface area (Å²) in [4.78, 5) is 6.58. The molecule has 0 fully saturated rings. The Balaban J connectivity index is 0.00000256. The van der Waals surface area contributed by atoms with Gasteiger partial charge in [-0.1, -0.05) is 24.3 Å². The third kappa shape index (κ3) is 5.39. The summed E-state index contributed by atoms with van der Waals surface area (Å²) in [6.07, 6.45) is 0. The van der Waals surface area contributed by atoms with Crippen LogP contribution in [0.2, 0.25) is 0 Å². The van der Waals surface area contributed by atoms with Gasteiger partial charge in [-0.05, 0) is 25.0 Å². The number of aliphatic imine (C=N–C) groups is 1. The molecule has 4 heteroatoms. The molecule has 0 radical (unpaired) electrons. The molecule has 1 aromatic rings. The van der Waals surface area contributed by atoms with E-state index in [1.165, 1.54) is 11.1 Å². The molecule has 0 saturated heterocycles. The van der Waals surface area contributed by atoms with E-state index in [9.17, 15) is 0 Å². The van der Waals surface area contributed by atoms with Gasteiger partial charge in [0.25, 0.3) is 0 Å². The van der Waals surface area contributed by atoms with Crippen molar-refractivity contribution in [2.24, 2.45) is 4.99 Å². The summed E-state index contributed by atoms with van der Waals surface area (Å²) >= 11 is 0. The van der Waals surface area contributed by atoms with Gasteiger partial charge in [-0.15, -0.1) is 24.0 Å². The fourth-order valence-corrected chi connectivity index (χ4v) is 1.46. The minimum atomic E-state index is 0. The number of nitrogens with one attached hydrogen (secondary N) is 1. The van der Waals surface area contributed by atoms with Gasteiger partial charge in [0.05, 0.1) is 6.54 Å². The smallest absolute Gasteiger partial charge is 0.193 e. The molecular formula is C13H22IN3. The van der Waals surface area contributed by atoms with Crippen LogP contribution in [0.25, 0.3) is 0 Å². The molecule has 1 rings (SSSR count). The normalized spacial score (nSPS) is 10.7. The number of hydrogen-bond donors (Lipinski definition) is 1. The first-order valence-corrected chi connectivity index (χ1v) is 5.65. The Morgan fingerprint density at radius 2 is 1.94 bits per heavy atom. The van der Waals surface area contributed by atoms with Crippen molar-refractivity contribution in [1.82, 2.24) is 10.2 Å². The average molecular weight is 347 g/mol. The minimum absolute atomic E-state index is 0. The molecule has 0 heterocycles. The van der Waals surface area contributed by atoms with Crippen LogP contribution in [0.15, 0.2) is 29.3 Å². The number of hydrogen-bond acceptors (Lipinski definition) is 1. The average Bonchev–Trinajstić information content (AvgIpc) is 2.26. The van der Waals surface area contributed by atoms with Crippen molar-refractivity contribution in [3.8, 4) is 0 Å². The quantitative estimate of drug-likeness (QED) is 0.517. The van der Waals surface area contributed by atoms with Crippen molar-refractivity contribution in [2.75, 3.05) is 20.6 Å². The molecule has 3 nitrogen and oxygen atoms in total. The number of aryl methyl sites for hydroxylation is 1. The number of rotatable bonds is 3. The lowest BCUT2D eigenvalue weighted by molar-refractivity contribution is 0.583. The Kier molecular flexibility index (Phi) is 7.95. The summed E-state index contributed by atoms with van der Waals surface area (Å²) in [6.45, 7) is 5.82. The van der Waals surface area contributed by atoms with E-state index in [-0.39, 0.29) is 24.0 Å². The summed E-state index contributed by atoms with van der Waals surface area (Å²) in [6, 6.07) is 8.35. The van der Waals surface area contributed by atoms with Crippen LogP contribution in [0.4, 0.5) is 0 Å². The maximum Gasteiger partial charge on any atom is 0.193 e. The maximum atomic E-state index is 4.58. The molecule has 1 N–H and O–H groups in total. The first-order valence-electron chi connectivity index (χ1n) is 5.65. The van der Waals surface area contributed by atoms with Gasteiger partial charge in [0.2, 0.25) is 0 Å². The second-order valence-corrected chi connectivity index (χ2v) is 3.99. The molecule has 1 aromatic carbocycles. The number of halogens is 1. The van der Waals surface area contributed by atoms with Crippen LogP contribution in [0, 0.1) is 6.92 Å². The minimum Gasteiger partial charge on any atom is -0.357 e. The predicted octanol–water partition coefficient (Wildman–Crippen LogP) is 2.64. The Morgan fingerprint density at radius 3 is 2.47 bits per heavy atom. The fraction of sp³-hybridized carbons (Fsp3) is 0.462. The molecule has 17 heavy (non-hydrogen) atoms. The van der Waals surface area contributed by atoms with Crippen molar-refractivity contribution in [2.45, 2.75) is 20.4 Å². The second-order valence-electron chi connectivity index (χ2n) is 3.99. The Hall–Kier alpha value is -0.780. The van der Waals surface area contributed by atoms with Gasteiger partial charge in [-0.2, -0.15) is 0 Å². The summed E-state index contributed by atoms with van der Waals surface area (Å²) in [5.74, 6) is 0.936. The monoisotopic (exact) mass is 347 g/mol. The molecule has 0 unspecified atom stereocenters.